The Balaban J connectivity index is 2.15. The first-order valence-electron chi connectivity index (χ1n) is 6.44. The monoisotopic (exact) mass is 262 g/mol. The van der Waals surface area contributed by atoms with Crippen LogP contribution in [0.15, 0.2) is 59.0 Å². The summed E-state index contributed by atoms with van der Waals surface area (Å²) < 4.78 is 5.93. The molecule has 0 aliphatic heterocycles. The number of fused-ring (bicyclic) bond motifs is 5. The van der Waals surface area contributed by atoms with Crippen molar-refractivity contribution < 1.29 is 14.5 Å². The van der Waals surface area contributed by atoms with Crippen molar-refractivity contribution in [1.82, 2.24) is 0 Å². The molecule has 0 unspecified atom stereocenters. The molecule has 4 heteroatoms. The van der Waals surface area contributed by atoms with Gasteiger partial charge in [-0.05, 0) is 23.0 Å². The first-order chi connectivity index (χ1) is 9.74. The van der Waals surface area contributed by atoms with Crippen molar-refractivity contribution in [2.24, 2.45) is 0 Å². The van der Waals surface area contributed by atoms with Gasteiger partial charge >= 0.3 is 7.12 Å². The van der Waals surface area contributed by atoms with Gasteiger partial charge in [-0.25, -0.2) is 0 Å². The van der Waals surface area contributed by atoms with Crippen molar-refractivity contribution in [1.29, 1.82) is 0 Å². The van der Waals surface area contributed by atoms with Crippen LogP contribution in [0.5, 0.6) is 0 Å². The summed E-state index contributed by atoms with van der Waals surface area (Å²) in [7, 11) is -1.48. The van der Waals surface area contributed by atoms with Gasteiger partial charge in [-0.15, -0.1) is 0 Å². The number of hydrogen-bond donors (Lipinski definition) is 2. The van der Waals surface area contributed by atoms with Gasteiger partial charge in [0.25, 0.3) is 0 Å². The molecule has 1 heterocycles. The third-order valence-electron chi connectivity index (χ3n) is 3.69. The van der Waals surface area contributed by atoms with E-state index in [1.807, 2.05) is 36.4 Å². The third kappa shape index (κ3) is 1.56. The lowest BCUT2D eigenvalue weighted by Crippen LogP contribution is -2.29. The van der Waals surface area contributed by atoms with E-state index in [2.05, 4.69) is 6.07 Å². The van der Waals surface area contributed by atoms with E-state index in [1.54, 1.807) is 12.1 Å². The number of rotatable bonds is 1. The van der Waals surface area contributed by atoms with Crippen LogP contribution in [0.3, 0.4) is 0 Å². The second-order valence-corrected chi connectivity index (χ2v) is 4.89. The highest BCUT2D eigenvalue weighted by atomic mass is 16.4. The summed E-state index contributed by atoms with van der Waals surface area (Å²) in [5.41, 5.74) is 1.94. The van der Waals surface area contributed by atoms with Crippen molar-refractivity contribution >= 4 is 45.3 Å². The van der Waals surface area contributed by atoms with E-state index in [9.17, 15) is 10.0 Å². The molecular formula is C16H11BO3. The van der Waals surface area contributed by atoms with Gasteiger partial charge in [-0.1, -0.05) is 42.5 Å². The van der Waals surface area contributed by atoms with Gasteiger partial charge in [0.15, 0.2) is 0 Å². The minimum absolute atomic E-state index is 0.431. The van der Waals surface area contributed by atoms with E-state index < -0.39 is 7.12 Å². The van der Waals surface area contributed by atoms with E-state index in [4.69, 9.17) is 4.42 Å². The van der Waals surface area contributed by atoms with Crippen LogP contribution in [0.25, 0.3) is 32.7 Å². The molecule has 0 spiro atoms. The van der Waals surface area contributed by atoms with Crippen LogP contribution in [0.4, 0.5) is 0 Å². The normalized spacial score (nSPS) is 11.5. The second kappa shape index (κ2) is 4.10. The molecule has 0 radical (unpaired) electrons. The van der Waals surface area contributed by atoms with Crippen molar-refractivity contribution in [3.05, 3.63) is 54.6 Å². The summed E-state index contributed by atoms with van der Waals surface area (Å²) in [6.45, 7) is 0. The molecule has 3 aromatic carbocycles. The second-order valence-electron chi connectivity index (χ2n) is 4.89. The quantitative estimate of drug-likeness (QED) is 0.518. The number of furan rings is 1. The molecule has 0 saturated carbocycles. The lowest BCUT2D eigenvalue weighted by atomic mass is 9.80. The van der Waals surface area contributed by atoms with E-state index in [1.165, 1.54) is 0 Å². The zero-order valence-electron chi connectivity index (χ0n) is 10.6. The molecule has 0 bridgehead atoms. The first kappa shape index (κ1) is 11.5. The van der Waals surface area contributed by atoms with Crippen LogP contribution >= 0.6 is 0 Å². The fourth-order valence-electron chi connectivity index (χ4n) is 2.68. The predicted octanol–water partition coefficient (Wildman–Crippen LogP) is 2.42. The van der Waals surface area contributed by atoms with Crippen LogP contribution < -0.4 is 5.46 Å². The Morgan fingerprint density at radius 2 is 1.60 bits per heavy atom. The SMILES string of the molecule is OB(O)c1ccc2c(c1)oc1c3ccccc3ccc21. The molecule has 0 fully saturated rings. The average molecular weight is 262 g/mol. The summed E-state index contributed by atoms with van der Waals surface area (Å²) in [5, 5.41) is 22.7. The largest absolute Gasteiger partial charge is 0.488 e. The Kier molecular flexibility index (Phi) is 2.36. The summed E-state index contributed by atoms with van der Waals surface area (Å²) in [6.07, 6.45) is 0. The van der Waals surface area contributed by atoms with Crippen molar-refractivity contribution in [3.63, 3.8) is 0 Å². The van der Waals surface area contributed by atoms with E-state index in [0.29, 0.717) is 11.0 Å². The fraction of sp³-hybridized carbons (Fsp3) is 0. The molecule has 2 N–H and O–H groups in total. The maximum absolute atomic E-state index is 9.24. The van der Waals surface area contributed by atoms with Crippen LogP contribution in [0.2, 0.25) is 0 Å². The Morgan fingerprint density at radius 3 is 2.45 bits per heavy atom. The van der Waals surface area contributed by atoms with E-state index >= 15 is 0 Å². The molecule has 4 aromatic rings. The molecule has 0 aliphatic rings. The van der Waals surface area contributed by atoms with Gasteiger partial charge < -0.3 is 14.5 Å². The van der Waals surface area contributed by atoms with Crippen molar-refractivity contribution in [2.75, 3.05) is 0 Å². The van der Waals surface area contributed by atoms with Gasteiger partial charge in [0.05, 0.1) is 0 Å². The molecular weight excluding hydrogens is 251 g/mol. The number of benzene rings is 3. The molecule has 3 nitrogen and oxygen atoms in total. The fourth-order valence-corrected chi connectivity index (χ4v) is 2.68. The summed E-state index contributed by atoms with van der Waals surface area (Å²) in [4.78, 5) is 0. The highest BCUT2D eigenvalue weighted by Gasteiger charge is 2.15. The molecule has 1 aromatic heterocycles. The molecule has 96 valence electrons. The van der Waals surface area contributed by atoms with E-state index in [-0.39, 0.29) is 0 Å². The first-order valence-corrected chi connectivity index (χ1v) is 6.44. The highest BCUT2D eigenvalue weighted by molar-refractivity contribution is 6.58. The summed E-state index contributed by atoms with van der Waals surface area (Å²) >= 11 is 0. The lowest BCUT2D eigenvalue weighted by molar-refractivity contribution is 0.425. The van der Waals surface area contributed by atoms with Gasteiger partial charge in [0, 0.05) is 16.2 Å². The minimum Gasteiger partial charge on any atom is -0.455 e. The molecule has 0 saturated heterocycles. The Morgan fingerprint density at radius 1 is 0.800 bits per heavy atom. The van der Waals surface area contributed by atoms with Gasteiger partial charge in [0.1, 0.15) is 11.2 Å². The minimum atomic E-state index is -1.48. The van der Waals surface area contributed by atoms with E-state index in [0.717, 1.165) is 27.1 Å². The smallest absolute Gasteiger partial charge is 0.455 e. The molecule has 4 rings (SSSR count). The zero-order valence-corrected chi connectivity index (χ0v) is 10.6. The van der Waals surface area contributed by atoms with Crippen LogP contribution in [-0.4, -0.2) is 17.2 Å². The maximum atomic E-state index is 9.24. The average Bonchev–Trinajstić information content (AvgIpc) is 2.85. The third-order valence-corrected chi connectivity index (χ3v) is 3.69. The molecule has 20 heavy (non-hydrogen) atoms. The Bertz CT molecular complexity index is 940. The van der Waals surface area contributed by atoms with Gasteiger partial charge in [-0.3, -0.25) is 0 Å². The Hall–Kier alpha value is -2.30. The zero-order chi connectivity index (χ0) is 13.7. The van der Waals surface area contributed by atoms with Crippen molar-refractivity contribution in [2.45, 2.75) is 0 Å². The molecule has 0 amide bonds. The lowest BCUT2D eigenvalue weighted by Gasteiger charge is -1.97. The van der Waals surface area contributed by atoms with Gasteiger partial charge in [-0.2, -0.15) is 0 Å². The van der Waals surface area contributed by atoms with Gasteiger partial charge in [0.2, 0.25) is 0 Å². The summed E-state index contributed by atoms with van der Waals surface area (Å²) in [6, 6.07) is 17.4. The topological polar surface area (TPSA) is 53.6 Å². The van der Waals surface area contributed by atoms with Crippen LogP contribution in [-0.2, 0) is 0 Å². The van der Waals surface area contributed by atoms with Crippen LogP contribution in [0.1, 0.15) is 0 Å². The molecule has 0 atom stereocenters. The molecule has 0 aliphatic carbocycles. The Labute approximate surface area is 115 Å². The number of hydrogen-bond acceptors (Lipinski definition) is 3. The highest BCUT2D eigenvalue weighted by Crippen LogP contribution is 2.33. The van der Waals surface area contributed by atoms with Crippen LogP contribution in [0, 0.1) is 0 Å². The maximum Gasteiger partial charge on any atom is 0.488 e. The standard InChI is InChI=1S/C16H11BO3/c18-17(19)11-6-8-13-14-7-5-10-3-1-2-4-12(10)16(14)20-15(13)9-11/h1-9,18-19H. The van der Waals surface area contributed by atoms with Crippen molar-refractivity contribution in [3.8, 4) is 0 Å². The predicted molar refractivity (Wildman–Crippen MR) is 81.1 cm³/mol. The summed E-state index contributed by atoms with van der Waals surface area (Å²) in [5.74, 6) is 0.